The highest BCUT2D eigenvalue weighted by Crippen LogP contribution is 2.24. The molecule has 0 unspecified atom stereocenters. The van der Waals surface area contributed by atoms with Gasteiger partial charge in [0.1, 0.15) is 5.82 Å². The van der Waals surface area contributed by atoms with Crippen molar-refractivity contribution in [3.05, 3.63) is 35.8 Å². The van der Waals surface area contributed by atoms with Crippen LogP contribution in [-0.4, -0.2) is 30.1 Å². The SMILES string of the molecule is CC[C@@H]1C[C@@H](CC(=O)NCCc2c[nH]c3ccc(F)cc23)CCO1. The van der Waals surface area contributed by atoms with Crippen molar-refractivity contribution in [3.63, 3.8) is 0 Å². The number of carbonyl (C=O) groups excluding carboxylic acids is 1. The van der Waals surface area contributed by atoms with Crippen molar-refractivity contribution in [1.29, 1.82) is 0 Å². The van der Waals surface area contributed by atoms with Crippen LogP contribution in [0.1, 0.15) is 38.2 Å². The quantitative estimate of drug-likeness (QED) is 0.850. The monoisotopic (exact) mass is 332 g/mol. The topological polar surface area (TPSA) is 54.1 Å². The van der Waals surface area contributed by atoms with Crippen molar-refractivity contribution in [2.45, 2.75) is 45.1 Å². The lowest BCUT2D eigenvalue weighted by atomic mass is 9.91. The van der Waals surface area contributed by atoms with E-state index < -0.39 is 0 Å². The number of rotatable bonds is 6. The van der Waals surface area contributed by atoms with Gasteiger partial charge in [0.05, 0.1) is 6.10 Å². The summed E-state index contributed by atoms with van der Waals surface area (Å²) < 4.78 is 19.0. The van der Waals surface area contributed by atoms with Gasteiger partial charge in [0, 0.05) is 36.7 Å². The van der Waals surface area contributed by atoms with Crippen LogP contribution < -0.4 is 5.32 Å². The first-order valence-electron chi connectivity index (χ1n) is 8.79. The zero-order chi connectivity index (χ0) is 16.9. The summed E-state index contributed by atoms with van der Waals surface area (Å²) in [6, 6.07) is 4.72. The van der Waals surface area contributed by atoms with Crippen LogP contribution in [-0.2, 0) is 16.0 Å². The number of hydrogen-bond acceptors (Lipinski definition) is 2. The average molecular weight is 332 g/mol. The predicted octanol–water partition coefficient (Wildman–Crippen LogP) is 3.56. The summed E-state index contributed by atoms with van der Waals surface area (Å²) in [6.45, 7) is 3.46. The Labute approximate surface area is 141 Å². The molecule has 1 saturated heterocycles. The summed E-state index contributed by atoms with van der Waals surface area (Å²) in [7, 11) is 0. The van der Waals surface area contributed by atoms with E-state index in [9.17, 15) is 9.18 Å². The van der Waals surface area contributed by atoms with Gasteiger partial charge in [-0.2, -0.15) is 0 Å². The second kappa shape index (κ2) is 7.79. The molecule has 1 aromatic carbocycles. The predicted molar refractivity (Wildman–Crippen MR) is 92.3 cm³/mol. The molecule has 24 heavy (non-hydrogen) atoms. The van der Waals surface area contributed by atoms with E-state index >= 15 is 0 Å². The molecule has 2 heterocycles. The van der Waals surface area contributed by atoms with Crippen LogP contribution in [0.15, 0.2) is 24.4 Å². The number of hydrogen-bond donors (Lipinski definition) is 2. The molecule has 130 valence electrons. The molecule has 1 aliphatic rings. The molecule has 5 heteroatoms. The molecule has 1 fully saturated rings. The molecular formula is C19H25FN2O2. The van der Waals surface area contributed by atoms with E-state index in [0.717, 1.165) is 42.3 Å². The molecule has 1 aliphatic heterocycles. The number of halogens is 1. The summed E-state index contributed by atoms with van der Waals surface area (Å²) in [5, 5.41) is 3.88. The molecule has 1 aromatic heterocycles. The highest BCUT2D eigenvalue weighted by Gasteiger charge is 2.23. The van der Waals surface area contributed by atoms with Crippen molar-refractivity contribution in [1.82, 2.24) is 10.3 Å². The third-order valence-corrected chi connectivity index (χ3v) is 4.85. The van der Waals surface area contributed by atoms with Crippen molar-refractivity contribution < 1.29 is 13.9 Å². The maximum Gasteiger partial charge on any atom is 0.220 e. The van der Waals surface area contributed by atoms with E-state index in [1.165, 1.54) is 12.1 Å². The van der Waals surface area contributed by atoms with Crippen LogP contribution in [0.5, 0.6) is 0 Å². The lowest BCUT2D eigenvalue weighted by Crippen LogP contribution is -2.31. The second-order valence-electron chi connectivity index (χ2n) is 6.60. The Morgan fingerprint density at radius 3 is 3.17 bits per heavy atom. The van der Waals surface area contributed by atoms with Crippen LogP contribution in [0.4, 0.5) is 4.39 Å². The van der Waals surface area contributed by atoms with Crippen molar-refractivity contribution in [2.24, 2.45) is 5.92 Å². The number of amides is 1. The van der Waals surface area contributed by atoms with Gasteiger partial charge >= 0.3 is 0 Å². The summed E-state index contributed by atoms with van der Waals surface area (Å²) in [4.78, 5) is 15.3. The minimum atomic E-state index is -0.239. The van der Waals surface area contributed by atoms with Crippen LogP contribution >= 0.6 is 0 Å². The Kier molecular flexibility index (Phi) is 5.51. The number of carbonyl (C=O) groups is 1. The molecule has 0 spiro atoms. The van der Waals surface area contributed by atoms with Crippen LogP contribution in [0.3, 0.4) is 0 Å². The van der Waals surface area contributed by atoms with Crippen molar-refractivity contribution in [2.75, 3.05) is 13.2 Å². The number of H-pyrrole nitrogens is 1. The molecule has 0 aliphatic carbocycles. The summed E-state index contributed by atoms with van der Waals surface area (Å²) >= 11 is 0. The molecule has 2 atom stereocenters. The first-order chi connectivity index (χ1) is 11.7. The number of benzene rings is 1. The minimum Gasteiger partial charge on any atom is -0.378 e. The Morgan fingerprint density at radius 2 is 2.33 bits per heavy atom. The zero-order valence-corrected chi connectivity index (χ0v) is 14.1. The van der Waals surface area contributed by atoms with Gasteiger partial charge < -0.3 is 15.0 Å². The first-order valence-corrected chi connectivity index (χ1v) is 8.79. The largest absolute Gasteiger partial charge is 0.378 e. The zero-order valence-electron chi connectivity index (χ0n) is 14.1. The summed E-state index contributed by atoms with van der Waals surface area (Å²) in [6.07, 6.45) is 6.41. The maximum absolute atomic E-state index is 13.4. The van der Waals surface area contributed by atoms with Gasteiger partial charge in [0.2, 0.25) is 5.91 Å². The highest BCUT2D eigenvalue weighted by atomic mass is 19.1. The van der Waals surface area contributed by atoms with Gasteiger partial charge in [-0.1, -0.05) is 6.92 Å². The minimum absolute atomic E-state index is 0.0998. The van der Waals surface area contributed by atoms with Crippen LogP contribution in [0.25, 0.3) is 10.9 Å². The fourth-order valence-electron chi connectivity index (χ4n) is 3.46. The number of nitrogens with one attached hydrogen (secondary N) is 2. The third kappa shape index (κ3) is 4.15. The Bertz CT molecular complexity index is 698. The molecular weight excluding hydrogens is 307 g/mol. The fourth-order valence-corrected chi connectivity index (χ4v) is 3.46. The van der Waals surface area contributed by atoms with Crippen LogP contribution in [0, 0.1) is 11.7 Å². The van der Waals surface area contributed by atoms with E-state index in [1.54, 1.807) is 6.07 Å². The fraction of sp³-hybridized carbons (Fsp3) is 0.526. The highest BCUT2D eigenvalue weighted by molar-refractivity contribution is 5.83. The van der Waals surface area contributed by atoms with E-state index in [0.29, 0.717) is 31.4 Å². The molecule has 4 nitrogen and oxygen atoms in total. The van der Waals surface area contributed by atoms with Gasteiger partial charge in [-0.15, -0.1) is 0 Å². The van der Waals surface area contributed by atoms with E-state index in [4.69, 9.17) is 4.74 Å². The van der Waals surface area contributed by atoms with Gasteiger partial charge in [-0.05, 0) is 55.4 Å². The molecule has 0 radical (unpaired) electrons. The molecule has 2 N–H and O–H groups in total. The van der Waals surface area contributed by atoms with Gasteiger partial charge in [-0.3, -0.25) is 4.79 Å². The number of aromatic amines is 1. The van der Waals surface area contributed by atoms with E-state index in [2.05, 4.69) is 17.2 Å². The normalized spacial score (nSPS) is 21.1. The standard InChI is InChI=1S/C19H25FN2O2/c1-2-16-9-13(6-8-24-16)10-19(23)21-7-5-14-12-22-18-4-3-15(20)11-17(14)18/h3-4,11-13,16,22H,2,5-10H2,1H3,(H,21,23)/t13-,16+/m0/s1. The number of ether oxygens (including phenoxy) is 1. The lowest BCUT2D eigenvalue weighted by molar-refractivity contribution is -0.123. The van der Waals surface area contributed by atoms with Crippen LogP contribution in [0.2, 0.25) is 0 Å². The molecule has 3 rings (SSSR count). The van der Waals surface area contributed by atoms with Gasteiger partial charge in [-0.25, -0.2) is 4.39 Å². The summed E-state index contributed by atoms with van der Waals surface area (Å²) in [5.41, 5.74) is 1.95. The number of aromatic nitrogens is 1. The Balaban J connectivity index is 1.47. The smallest absolute Gasteiger partial charge is 0.220 e. The third-order valence-electron chi connectivity index (χ3n) is 4.85. The summed E-state index contributed by atoms with van der Waals surface area (Å²) in [5.74, 6) is 0.283. The molecule has 1 amide bonds. The lowest BCUT2D eigenvalue weighted by Gasteiger charge is -2.28. The molecule has 2 aromatic rings. The Morgan fingerprint density at radius 1 is 1.46 bits per heavy atom. The number of fused-ring (bicyclic) bond motifs is 1. The average Bonchev–Trinajstić information content (AvgIpc) is 2.97. The van der Waals surface area contributed by atoms with Gasteiger partial charge in [0.25, 0.3) is 0 Å². The molecule has 0 bridgehead atoms. The maximum atomic E-state index is 13.4. The first kappa shape index (κ1) is 17.0. The van der Waals surface area contributed by atoms with E-state index in [1.807, 2.05) is 6.20 Å². The van der Waals surface area contributed by atoms with Crippen molar-refractivity contribution >= 4 is 16.8 Å². The van der Waals surface area contributed by atoms with Gasteiger partial charge in [0.15, 0.2) is 0 Å². The van der Waals surface area contributed by atoms with Crippen molar-refractivity contribution in [3.8, 4) is 0 Å². The Hall–Kier alpha value is -1.88. The molecule has 0 saturated carbocycles. The second-order valence-corrected chi connectivity index (χ2v) is 6.60. The van der Waals surface area contributed by atoms with E-state index in [-0.39, 0.29) is 11.7 Å².